The topological polar surface area (TPSA) is 75.8 Å². The van der Waals surface area contributed by atoms with Crippen molar-refractivity contribution in [3.63, 3.8) is 0 Å². The third-order valence-corrected chi connectivity index (χ3v) is 3.37. The third kappa shape index (κ3) is 3.86. The number of carboxylic acids is 1. The summed E-state index contributed by atoms with van der Waals surface area (Å²) in [5.74, 6) is -0.423. The number of carbonyl (C=O) groups is 1. The Morgan fingerprint density at radius 1 is 1.32 bits per heavy atom. The molecular formula is C14H20N2O3. The number of hydrogen-bond acceptors (Lipinski definition) is 4. The van der Waals surface area contributed by atoms with Gasteiger partial charge in [0.05, 0.1) is 11.3 Å². The lowest BCUT2D eigenvalue weighted by atomic mass is 10.1. The Kier molecular flexibility index (Phi) is 4.63. The van der Waals surface area contributed by atoms with Gasteiger partial charge >= 0.3 is 5.97 Å². The molecule has 5 heteroatoms. The molecule has 0 unspecified atom stereocenters. The molecule has 0 saturated carbocycles. The summed E-state index contributed by atoms with van der Waals surface area (Å²) in [6, 6.07) is 4.56. The van der Waals surface area contributed by atoms with Gasteiger partial charge < -0.3 is 15.6 Å². The Balaban J connectivity index is 1.83. The summed E-state index contributed by atoms with van der Waals surface area (Å²) in [6.45, 7) is 3.74. The maximum Gasteiger partial charge on any atom is 0.335 e. The van der Waals surface area contributed by atoms with E-state index in [0.29, 0.717) is 18.0 Å². The lowest BCUT2D eigenvalue weighted by molar-refractivity contribution is 0.0697. The first kappa shape index (κ1) is 13.7. The average Bonchev–Trinajstić information content (AvgIpc) is 2.41. The molecule has 104 valence electrons. The first-order chi connectivity index (χ1) is 9.16. The van der Waals surface area contributed by atoms with Crippen molar-refractivity contribution in [3.05, 3.63) is 23.8 Å². The van der Waals surface area contributed by atoms with E-state index in [2.05, 4.69) is 4.90 Å². The van der Waals surface area contributed by atoms with E-state index in [1.807, 2.05) is 0 Å². The average molecular weight is 264 g/mol. The van der Waals surface area contributed by atoms with Crippen LogP contribution in [-0.4, -0.2) is 42.2 Å². The maximum atomic E-state index is 10.8. The number of carboxylic acid groups (broad SMARTS) is 1. The minimum Gasteiger partial charge on any atom is -0.490 e. The quantitative estimate of drug-likeness (QED) is 0.793. The number of likely N-dealkylation sites (tertiary alicyclic amines) is 1. The van der Waals surface area contributed by atoms with E-state index in [4.69, 9.17) is 15.6 Å². The number of benzene rings is 1. The number of rotatable bonds is 5. The smallest absolute Gasteiger partial charge is 0.335 e. The summed E-state index contributed by atoms with van der Waals surface area (Å²) in [5.41, 5.74) is 6.33. The highest BCUT2D eigenvalue weighted by Crippen LogP contribution is 2.22. The molecule has 2 rings (SSSR count). The zero-order valence-corrected chi connectivity index (χ0v) is 11.0. The van der Waals surface area contributed by atoms with Crippen LogP contribution in [0.25, 0.3) is 0 Å². The van der Waals surface area contributed by atoms with Gasteiger partial charge in [-0.05, 0) is 44.1 Å². The van der Waals surface area contributed by atoms with E-state index in [1.54, 1.807) is 6.07 Å². The molecule has 1 aromatic rings. The number of piperidine rings is 1. The van der Waals surface area contributed by atoms with E-state index in [1.165, 1.54) is 31.4 Å². The Hall–Kier alpha value is -1.75. The molecule has 1 saturated heterocycles. The number of anilines is 1. The van der Waals surface area contributed by atoms with Crippen molar-refractivity contribution in [2.24, 2.45) is 0 Å². The molecule has 0 aliphatic carbocycles. The van der Waals surface area contributed by atoms with Gasteiger partial charge in [0, 0.05) is 6.54 Å². The molecule has 5 nitrogen and oxygen atoms in total. The molecule has 0 atom stereocenters. The fraction of sp³-hybridized carbons (Fsp3) is 0.500. The number of nitrogens with two attached hydrogens (primary N) is 1. The van der Waals surface area contributed by atoms with E-state index in [0.717, 1.165) is 19.6 Å². The third-order valence-electron chi connectivity index (χ3n) is 3.37. The Bertz CT molecular complexity index is 442. The number of hydrogen-bond donors (Lipinski definition) is 2. The maximum absolute atomic E-state index is 10.8. The van der Waals surface area contributed by atoms with Crippen LogP contribution in [0.3, 0.4) is 0 Å². The zero-order valence-electron chi connectivity index (χ0n) is 11.0. The van der Waals surface area contributed by atoms with Crippen LogP contribution in [0.4, 0.5) is 5.69 Å². The van der Waals surface area contributed by atoms with Crippen LogP contribution in [0, 0.1) is 0 Å². The van der Waals surface area contributed by atoms with Crippen LogP contribution in [-0.2, 0) is 0 Å². The van der Waals surface area contributed by atoms with Gasteiger partial charge in [0.1, 0.15) is 12.4 Å². The van der Waals surface area contributed by atoms with Crippen LogP contribution in [0.1, 0.15) is 29.6 Å². The predicted octanol–water partition coefficient (Wildman–Crippen LogP) is 1.83. The minimum atomic E-state index is -0.980. The number of ether oxygens (including phenoxy) is 1. The van der Waals surface area contributed by atoms with E-state index in [-0.39, 0.29) is 5.56 Å². The van der Waals surface area contributed by atoms with Gasteiger partial charge in [-0.1, -0.05) is 6.42 Å². The van der Waals surface area contributed by atoms with Gasteiger partial charge in [0.15, 0.2) is 0 Å². The van der Waals surface area contributed by atoms with Crippen molar-refractivity contribution >= 4 is 11.7 Å². The summed E-state index contributed by atoms with van der Waals surface area (Å²) >= 11 is 0. The normalized spacial score (nSPS) is 16.2. The first-order valence-corrected chi connectivity index (χ1v) is 6.65. The molecule has 0 bridgehead atoms. The Morgan fingerprint density at radius 2 is 2.05 bits per heavy atom. The van der Waals surface area contributed by atoms with Gasteiger partial charge in [0.25, 0.3) is 0 Å². The number of nitrogens with zero attached hydrogens (tertiary/aromatic N) is 1. The number of aromatic carboxylic acids is 1. The van der Waals surface area contributed by atoms with Crippen molar-refractivity contribution in [3.8, 4) is 5.75 Å². The standard InChI is InChI=1S/C14H20N2O3/c15-12-10-11(14(17)18)4-5-13(12)19-9-8-16-6-2-1-3-7-16/h4-5,10H,1-3,6-9,15H2,(H,17,18). The Morgan fingerprint density at radius 3 is 2.68 bits per heavy atom. The molecular weight excluding hydrogens is 244 g/mol. The van der Waals surface area contributed by atoms with Gasteiger partial charge in [-0.25, -0.2) is 4.79 Å². The molecule has 0 radical (unpaired) electrons. The molecule has 0 spiro atoms. The molecule has 0 aromatic heterocycles. The van der Waals surface area contributed by atoms with Gasteiger partial charge in [-0.2, -0.15) is 0 Å². The fourth-order valence-electron chi connectivity index (χ4n) is 2.28. The van der Waals surface area contributed by atoms with Crippen molar-refractivity contribution in [1.82, 2.24) is 4.90 Å². The fourth-order valence-corrected chi connectivity index (χ4v) is 2.28. The number of nitrogen functional groups attached to an aromatic ring is 1. The van der Waals surface area contributed by atoms with E-state index >= 15 is 0 Å². The van der Waals surface area contributed by atoms with Crippen LogP contribution in [0.2, 0.25) is 0 Å². The van der Waals surface area contributed by atoms with Gasteiger partial charge in [-0.3, -0.25) is 4.90 Å². The molecule has 1 aliphatic rings. The summed E-state index contributed by atoms with van der Waals surface area (Å²) in [7, 11) is 0. The van der Waals surface area contributed by atoms with Crippen LogP contribution >= 0.6 is 0 Å². The molecule has 1 aromatic carbocycles. The first-order valence-electron chi connectivity index (χ1n) is 6.65. The van der Waals surface area contributed by atoms with E-state index in [9.17, 15) is 4.79 Å². The zero-order chi connectivity index (χ0) is 13.7. The monoisotopic (exact) mass is 264 g/mol. The molecule has 19 heavy (non-hydrogen) atoms. The SMILES string of the molecule is Nc1cc(C(=O)O)ccc1OCCN1CCCCC1. The van der Waals surface area contributed by atoms with Crippen molar-refractivity contribution in [1.29, 1.82) is 0 Å². The summed E-state index contributed by atoms with van der Waals surface area (Å²) in [5, 5.41) is 8.84. The largest absolute Gasteiger partial charge is 0.490 e. The molecule has 0 amide bonds. The predicted molar refractivity (Wildman–Crippen MR) is 73.6 cm³/mol. The summed E-state index contributed by atoms with van der Waals surface area (Å²) < 4.78 is 5.61. The van der Waals surface area contributed by atoms with Crippen LogP contribution in [0.5, 0.6) is 5.75 Å². The minimum absolute atomic E-state index is 0.181. The van der Waals surface area contributed by atoms with E-state index < -0.39 is 5.97 Å². The molecule has 1 aliphatic heterocycles. The van der Waals surface area contributed by atoms with Crippen LogP contribution < -0.4 is 10.5 Å². The van der Waals surface area contributed by atoms with Crippen molar-refractivity contribution in [2.75, 3.05) is 32.0 Å². The Labute approximate surface area is 113 Å². The van der Waals surface area contributed by atoms with Crippen molar-refractivity contribution in [2.45, 2.75) is 19.3 Å². The molecule has 1 heterocycles. The molecule has 3 N–H and O–H groups in total. The van der Waals surface area contributed by atoms with Crippen LogP contribution in [0.15, 0.2) is 18.2 Å². The second-order valence-corrected chi connectivity index (χ2v) is 4.81. The highest BCUT2D eigenvalue weighted by atomic mass is 16.5. The highest BCUT2D eigenvalue weighted by Gasteiger charge is 2.11. The highest BCUT2D eigenvalue weighted by molar-refractivity contribution is 5.89. The molecule has 1 fully saturated rings. The second kappa shape index (κ2) is 6.43. The van der Waals surface area contributed by atoms with Crippen molar-refractivity contribution < 1.29 is 14.6 Å². The summed E-state index contributed by atoms with van der Waals surface area (Å²) in [6.07, 6.45) is 3.84. The lowest BCUT2D eigenvalue weighted by Gasteiger charge is -2.26. The second-order valence-electron chi connectivity index (χ2n) is 4.81. The van der Waals surface area contributed by atoms with Gasteiger partial charge in [0.2, 0.25) is 0 Å². The lowest BCUT2D eigenvalue weighted by Crippen LogP contribution is -2.33. The summed E-state index contributed by atoms with van der Waals surface area (Å²) in [4.78, 5) is 13.2. The van der Waals surface area contributed by atoms with Gasteiger partial charge in [-0.15, -0.1) is 0 Å².